The smallest absolute Gasteiger partial charge is 0.00148 e. The van der Waals surface area contributed by atoms with Crippen molar-refractivity contribution >= 4 is 0 Å². The Morgan fingerprint density at radius 3 is 2.75 bits per heavy atom. The minimum atomic E-state index is 0.496. The molecule has 0 saturated heterocycles. The fourth-order valence-electron chi connectivity index (χ4n) is 3.65. The van der Waals surface area contributed by atoms with Gasteiger partial charge >= 0.3 is 0 Å². The molecule has 0 spiro atoms. The van der Waals surface area contributed by atoms with E-state index in [0.29, 0.717) is 5.41 Å². The maximum atomic E-state index is 3.57. The monoisotopic (exact) mass is 273 g/mol. The van der Waals surface area contributed by atoms with Crippen LogP contribution in [0.3, 0.4) is 0 Å². The molecule has 1 aliphatic carbocycles. The summed E-state index contributed by atoms with van der Waals surface area (Å²) in [4.78, 5) is 0. The Labute approximate surface area is 125 Å². The van der Waals surface area contributed by atoms with Gasteiger partial charge in [0.15, 0.2) is 0 Å². The van der Waals surface area contributed by atoms with E-state index in [1.807, 2.05) is 0 Å². The summed E-state index contributed by atoms with van der Waals surface area (Å²) in [6.07, 6.45) is 5.20. The van der Waals surface area contributed by atoms with E-state index in [4.69, 9.17) is 0 Å². The molecule has 1 heteroatoms. The third kappa shape index (κ3) is 3.85. The van der Waals surface area contributed by atoms with Crippen LogP contribution in [0.25, 0.3) is 0 Å². The van der Waals surface area contributed by atoms with Crippen molar-refractivity contribution < 1.29 is 0 Å². The van der Waals surface area contributed by atoms with E-state index < -0.39 is 0 Å². The number of hydrogen-bond acceptors (Lipinski definition) is 1. The number of aryl methyl sites for hydroxylation is 1. The average Bonchev–Trinajstić information content (AvgIpc) is 2.45. The molecule has 1 aromatic rings. The highest BCUT2D eigenvalue weighted by Crippen LogP contribution is 2.46. The van der Waals surface area contributed by atoms with Crippen LogP contribution < -0.4 is 5.32 Å². The van der Waals surface area contributed by atoms with Crippen molar-refractivity contribution in [1.82, 2.24) is 5.32 Å². The molecule has 1 N–H and O–H groups in total. The third-order valence-electron chi connectivity index (χ3n) is 4.98. The van der Waals surface area contributed by atoms with Crippen molar-refractivity contribution in [3.63, 3.8) is 0 Å². The Hall–Kier alpha value is -0.820. The van der Waals surface area contributed by atoms with Crippen LogP contribution in [0.15, 0.2) is 24.3 Å². The molecule has 1 nitrogen and oxygen atoms in total. The number of nitrogens with one attached hydrogen (secondary N) is 1. The summed E-state index contributed by atoms with van der Waals surface area (Å²) in [5.41, 5.74) is 3.54. The molecule has 1 saturated carbocycles. The van der Waals surface area contributed by atoms with E-state index in [1.165, 1.54) is 31.4 Å². The average molecular weight is 273 g/mol. The standard InChI is InChI=1S/C19H31N/c1-5-15-8-7-9-16(12-15)18-13-19(3,4)11-10-17(18)14-20-6-2/h7-9,12,17-18,20H,5-6,10-11,13-14H2,1-4H3. The van der Waals surface area contributed by atoms with E-state index >= 15 is 0 Å². The Balaban J connectivity index is 2.21. The molecule has 2 rings (SSSR count). The lowest BCUT2D eigenvalue weighted by Gasteiger charge is -2.41. The van der Waals surface area contributed by atoms with Gasteiger partial charge in [-0.2, -0.15) is 0 Å². The zero-order valence-corrected chi connectivity index (χ0v) is 13.7. The molecule has 0 radical (unpaired) electrons. The topological polar surface area (TPSA) is 12.0 Å². The van der Waals surface area contributed by atoms with Gasteiger partial charge in [0.2, 0.25) is 0 Å². The second kappa shape index (κ2) is 6.76. The maximum absolute atomic E-state index is 3.57. The van der Waals surface area contributed by atoms with E-state index in [1.54, 1.807) is 5.56 Å². The zero-order valence-electron chi connectivity index (χ0n) is 13.7. The molecule has 2 unspecified atom stereocenters. The summed E-state index contributed by atoms with van der Waals surface area (Å²) in [6, 6.07) is 9.31. The van der Waals surface area contributed by atoms with Gasteiger partial charge in [0.1, 0.15) is 0 Å². The van der Waals surface area contributed by atoms with Gasteiger partial charge in [-0.1, -0.05) is 52.0 Å². The molecule has 112 valence electrons. The number of rotatable bonds is 5. The van der Waals surface area contributed by atoms with Gasteiger partial charge in [0.05, 0.1) is 0 Å². The van der Waals surface area contributed by atoms with Gasteiger partial charge in [0.25, 0.3) is 0 Å². The molecule has 0 bridgehead atoms. The van der Waals surface area contributed by atoms with Crippen LogP contribution in [-0.2, 0) is 6.42 Å². The Bertz CT molecular complexity index is 422. The Morgan fingerprint density at radius 1 is 1.25 bits per heavy atom. The second-order valence-corrected chi connectivity index (χ2v) is 7.18. The summed E-state index contributed by atoms with van der Waals surface area (Å²) >= 11 is 0. The van der Waals surface area contributed by atoms with Crippen molar-refractivity contribution in [2.75, 3.05) is 13.1 Å². The molecule has 0 heterocycles. The number of benzene rings is 1. The summed E-state index contributed by atoms with van der Waals surface area (Å²) < 4.78 is 0. The van der Waals surface area contributed by atoms with Gasteiger partial charge in [0, 0.05) is 0 Å². The van der Waals surface area contributed by atoms with Gasteiger partial charge in [-0.05, 0) is 67.2 Å². The maximum Gasteiger partial charge on any atom is -0.00148 e. The van der Waals surface area contributed by atoms with Crippen LogP contribution in [0.2, 0.25) is 0 Å². The number of hydrogen-bond donors (Lipinski definition) is 1. The SMILES string of the molecule is CCNCC1CCC(C)(C)CC1c1cccc(CC)c1. The summed E-state index contributed by atoms with van der Waals surface area (Å²) in [5.74, 6) is 1.53. The van der Waals surface area contributed by atoms with E-state index in [9.17, 15) is 0 Å². The summed E-state index contributed by atoms with van der Waals surface area (Å²) in [7, 11) is 0. The molecular weight excluding hydrogens is 242 g/mol. The van der Waals surface area contributed by atoms with Crippen LogP contribution in [-0.4, -0.2) is 13.1 Å². The lowest BCUT2D eigenvalue weighted by atomic mass is 9.65. The van der Waals surface area contributed by atoms with E-state index in [0.717, 1.165) is 24.8 Å². The van der Waals surface area contributed by atoms with Crippen molar-refractivity contribution in [3.05, 3.63) is 35.4 Å². The lowest BCUT2D eigenvalue weighted by Crippen LogP contribution is -2.34. The van der Waals surface area contributed by atoms with Crippen LogP contribution >= 0.6 is 0 Å². The lowest BCUT2D eigenvalue weighted by molar-refractivity contribution is 0.160. The fourth-order valence-corrected chi connectivity index (χ4v) is 3.65. The van der Waals surface area contributed by atoms with Gasteiger partial charge in [-0.15, -0.1) is 0 Å². The van der Waals surface area contributed by atoms with Crippen molar-refractivity contribution in [3.8, 4) is 0 Å². The predicted octanol–water partition coefficient (Wildman–Crippen LogP) is 4.77. The zero-order chi connectivity index (χ0) is 14.6. The molecule has 1 fully saturated rings. The van der Waals surface area contributed by atoms with Gasteiger partial charge < -0.3 is 5.32 Å². The molecular formula is C19H31N. The molecule has 0 amide bonds. The second-order valence-electron chi connectivity index (χ2n) is 7.18. The summed E-state index contributed by atoms with van der Waals surface area (Å²) in [5, 5.41) is 3.57. The van der Waals surface area contributed by atoms with E-state index in [-0.39, 0.29) is 0 Å². The molecule has 20 heavy (non-hydrogen) atoms. The predicted molar refractivity (Wildman–Crippen MR) is 88.2 cm³/mol. The van der Waals surface area contributed by atoms with Crippen LogP contribution in [0.4, 0.5) is 0 Å². The Kier molecular flexibility index (Phi) is 5.26. The quantitative estimate of drug-likeness (QED) is 0.815. The van der Waals surface area contributed by atoms with Crippen molar-refractivity contribution in [2.45, 2.75) is 59.3 Å². The fraction of sp³-hybridized carbons (Fsp3) is 0.684. The van der Waals surface area contributed by atoms with Gasteiger partial charge in [-0.3, -0.25) is 0 Å². The highest BCUT2D eigenvalue weighted by atomic mass is 14.8. The largest absolute Gasteiger partial charge is 0.317 e. The summed E-state index contributed by atoms with van der Waals surface area (Å²) in [6.45, 7) is 11.6. The molecule has 0 aliphatic heterocycles. The van der Waals surface area contributed by atoms with Crippen molar-refractivity contribution in [2.24, 2.45) is 11.3 Å². The molecule has 1 aromatic carbocycles. The van der Waals surface area contributed by atoms with Crippen LogP contribution in [0.5, 0.6) is 0 Å². The van der Waals surface area contributed by atoms with Crippen molar-refractivity contribution in [1.29, 1.82) is 0 Å². The van der Waals surface area contributed by atoms with Crippen LogP contribution in [0.1, 0.15) is 64.0 Å². The molecule has 1 aliphatic rings. The first-order valence-corrected chi connectivity index (χ1v) is 8.35. The highest BCUT2D eigenvalue weighted by molar-refractivity contribution is 5.28. The minimum absolute atomic E-state index is 0.496. The minimum Gasteiger partial charge on any atom is -0.317 e. The first kappa shape index (κ1) is 15.6. The molecule has 0 aromatic heterocycles. The van der Waals surface area contributed by atoms with Gasteiger partial charge in [-0.25, -0.2) is 0 Å². The molecule has 2 atom stereocenters. The first-order chi connectivity index (χ1) is 9.55. The van der Waals surface area contributed by atoms with E-state index in [2.05, 4.69) is 57.3 Å². The Morgan fingerprint density at radius 2 is 2.05 bits per heavy atom. The third-order valence-corrected chi connectivity index (χ3v) is 4.98. The normalized spacial score (nSPS) is 25.6. The van der Waals surface area contributed by atoms with Crippen LogP contribution in [0, 0.1) is 11.3 Å². The highest BCUT2D eigenvalue weighted by Gasteiger charge is 2.35. The first-order valence-electron chi connectivity index (χ1n) is 8.35.